The Bertz CT molecular complexity index is 258. The first-order valence-electron chi connectivity index (χ1n) is 7.62. The number of carbonyl (C=O) groups excluding carboxylic acids is 1. The van der Waals surface area contributed by atoms with E-state index in [2.05, 4.69) is 38.0 Å². The van der Waals surface area contributed by atoms with Crippen molar-refractivity contribution in [3.05, 3.63) is 0 Å². The van der Waals surface area contributed by atoms with Crippen LogP contribution in [-0.2, 0) is 4.79 Å². The first kappa shape index (κ1) is 18.4. The Balaban J connectivity index is 4.15. The van der Waals surface area contributed by atoms with Crippen LogP contribution in [0.15, 0.2) is 0 Å². The zero-order valence-electron chi connectivity index (χ0n) is 13.5. The lowest BCUT2D eigenvalue weighted by atomic mass is 9.94. The number of rotatable bonds is 11. The van der Waals surface area contributed by atoms with Crippen LogP contribution in [0.5, 0.6) is 0 Å². The van der Waals surface area contributed by atoms with Crippen LogP contribution >= 0.6 is 0 Å². The fourth-order valence-electron chi connectivity index (χ4n) is 2.24. The van der Waals surface area contributed by atoms with Crippen molar-refractivity contribution in [1.29, 1.82) is 0 Å². The fraction of sp³-hybridized carbons (Fsp3) is 0.933. The first-order valence-corrected chi connectivity index (χ1v) is 7.62. The normalized spacial score (nSPS) is 16.3. The van der Waals surface area contributed by atoms with Gasteiger partial charge in [0.25, 0.3) is 0 Å². The Morgan fingerprint density at radius 3 is 2.47 bits per heavy atom. The minimum atomic E-state index is -0.565. The topological polar surface area (TPSA) is 58.4 Å². The monoisotopic (exact) mass is 271 g/mol. The molecule has 2 atom stereocenters. The van der Waals surface area contributed by atoms with E-state index >= 15 is 0 Å². The molecule has 0 rings (SSSR count). The minimum absolute atomic E-state index is 0.245. The Morgan fingerprint density at radius 1 is 1.37 bits per heavy atom. The molecule has 0 heterocycles. The molecule has 4 heteroatoms. The number of primary amides is 1. The van der Waals surface area contributed by atoms with Gasteiger partial charge in [-0.25, -0.2) is 0 Å². The van der Waals surface area contributed by atoms with Gasteiger partial charge in [-0.1, -0.05) is 20.3 Å². The molecule has 114 valence electrons. The molecule has 0 aliphatic carbocycles. The van der Waals surface area contributed by atoms with Crippen molar-refractivity contribution in [2.24, 2.45) is 5.73 Å². The van der Waals surface area contributed by atoms with E-state index in [-0.39, 0.29) is 5.91 Å². The van der Waals surface area contributed by atoms with Crippen LogP contribution in [0.2, 0.25) is 0 Å². The van der Waals surface area contributed by atoms with E-state index < -0.39 is 5.54 Å². The third-order valence-electron chi connectivity index (χ3n) is 3.96. The van der Waals surface area contributed by atoms with Crippen LogP contribution in [0.3, 0.4) is 0 Å². The van der Waals surface area contributed by atoms with E-state index in [0.717, 1.165) is 32.4 Å². The predicted molar refractivity (Wildman–Crippen MR) is 82.1 cm³/mol. The Hall–Kier alpha value is -0.610. The average molecular weight is 271 g/mol. The third kappa shape index (κ3) is 6.92. The van der Waals surface area contributed by atoms with Crippen LogP contribution in [0, 0.1) is 0 Å². The second kappa shape index (κ2) is 9.32. The van der Waals surface area contributed by atoms with Gasteiger partial charge < -0.3 is 16.0 Å². The predicted octanol–water partition coefficient (Wildman–Crippen LogP) is 2.13. The van der Waals surface area contributed by atoms with E-state index in [1.54, 1.807) is 0 Å². The quantitative estimate of drug-likeness (QED) is 0.605. The first-order chi connectivity index (χ1) is 8.87. The molecule has 19 heavy (non-hydrogen) atoms. The number of nitrogens with one attached hydrogen (secondary N) is 1. The Kier molecular flexibility index (Phi) is 9.02. The van der Waals surface area contributed by atoms with Gasteiger partial charge in [0.2, 0.25) is 5.91 Å². The van der Waals surface area contributed by atoms with E-state index in [4.69, 9.17) is 5.73 Å². The molecule has 0 aromatic carbocycles. The van der Waals surface area contributed by atoms with Crippen molar-refractivity contribution in [3.63, 3.8) is 0 Å². The average Bonchev–Trinajstić information content (AvgIpc) is 2.36. The van der Waals surface area contributed by atoms with Crippen molar-refractivity contribution in [2.75, 3.05) is 20.1 Å². The summed E-state index contributed by atoms with van der Waals surface area (Å²) < 4.78 is 0. The van der Waals surface area contributed by atoms with Crippen molar-refractivity contribution >= 4 is 5.91 Å². The molecule has 0 fully saturated rings. The summed E-state index contributed by atoms with van der Waals surface area (Å²) in [6.45, 7) is 10.3. The largest absolute Gasteiger partial charge is 0.368 e. The van der Waals surface area contributed by atoms with E-state index in [0.29, 0.717) is 6.04 Å². The van der Waals surface area contributed by atoms with E-state index in [9.17, 15) is 4.79 Å². The number of nitrogens with two attached hydrogens (primary N) is 1. The minimum Gasteiger partial charge on any atom is -0.368 e. The number of nitrogens with zero attached hydrogens (tertiary/aromatic N) is 1. The maximum absolute atomic E-state index is 11.6. The highest BCUT2D eigenvalue weighted by Crippen LogP contribution is 2.14. The summed E-state index contributed by atoms with van der Waals surface area (Å²) in [7, 11) is 2.15. The van der Waals surface area contributed by atoms with Gasteiger partial charge >= 0.3 is 0 Å². The second-order valence-electron chi connectivity index (χ2n) is 5.84. The maximum atomic E-state index is 11.6. The van der Waals surface area contributed by atoms with Crippen molar-refractivity contribution in [3.8, 4) is 0 Å². The van der Waals surface area contributed by atoms with Crippen LogP contribution < -0.4 is 11.1 Å². The summed E-state index contributed by atoms with van der Waals surface area (Å²) in [4.78, 5) is 14.0. The molecule has 0 spiro atoms. The van der Waals surface area contributed by atoms with Crippen molar-refractivity contribution < 1.29 is 4.79 Å². The summed E-state index contributed by atoms with van der Waals surface area (Å²) in [6, 6.07) is 0.605. The summed E-state index contributed by atoms with van der Waals surface area (Å²) in [5, 5.41) is 3.28. The van der Waals surface area contributed by atoms with Gasteiger partial charge in [-0.3, -0.25) is 4.79 Å². The molecule has 3 N–H and O–H groups in total. The third-order valence-corrected chi connectivity index (χ3v) is 3.96. The Morgan fingerprint density at radius 2 is 2.00 bits per heavy atom. The smallest absolute Gasteiger partial charge is 0.237 e. The van der Waals surface area contributed by atoms with Gasteiger partial charge in [-0.2, -0.15) is 0 Å². The number of amides is 1. The van der Waals surface area contributed by atoms with E-state index in [1.807, 2.05) is 6.92 Å². The highest BCUT2D eigenvalue weighted by Gasteiger charge is 2.29. The summed E-state index contributed by atoms with van der Waals surface area (Å²) in [6.07, 6.45) is 5.22. The molecule has 2 unspecified atom stereocenters. The van der Waals surface area contributed by atoms with Gasteiger partial charge in [0.1, 0.15) is 0 Å². The Labute approximate surface area is 119 Å². The second-order valence-corrected chi connectivity index (χ2v) is 5.84. The maximum Gasteiger partial charge on any atom is 0.237 e. The molecule has 0 radical (unpaired) electrons. The number of hydrogen-bond acceptors (Lipinski definition) is 3. The molecule has 0 aromatic rings. The van der Waals surface area contributed by atoms with Crippen LogP contribution in [0.25, 0.3) is 0 Å². The molecule has 0 saturated heterocycles. The van der Waals surface area contributed by atoms with Gasteiger partial charge in [-0.05, 0) is 59.7 Å². The molecule has 0 bridgehead atoms. The van der Waals surface area contributed by atoms with Crippen LogP contribution in [-0.4, -0.2) is 42.5 Å². The van der Waals surface area contributed by atoms with Crippen molar-refractivity contribution in [1.82, 2.24) is 10.2 Å². The molecule has 0 aliphatic rings. The lowest BCUT2D eigenvalue weighted by Gasteiger charge is -2.30. The zero-order valence-corrected chi connectivity index (χ0v) is 13.5. The number of hydrogen-bond donors (Lipinski definition) is 2. The molecule has 0 saturated carbocycles. The van der Waals surface area contributed by atoms with Gasteiger partial charge in [0.15, 0.2) is 0 Å². The van der Waals surface area contributed by atoms with Gasteiger partial charge in [-0.15, -0.1) is 0 Å². The summed E-state index contributed by atoms with van der Waals surface area (Å²) >= 11 is 0. The van der Waals surface area contributed by atoms with Crippen LogP contribution in [0.4, 0.5) is 0 Å². The van der Waals surface area contributed by atoms with Gasteiger partial charge in [0.05, 0.1) is 5.54 Å². The molecular weight excluding hydrogens is 238 g/mol. The molecule has 4 nitrogen and oxygen atoms in total. The number of carbonyl (C=O) groups is 1. The standard InChI is InChI=1S/C15H33N3O/c1-6-9-13(3)18(5)12-8-10-15(4,14(16)19)17-11-7-2/h13,17H,6-12H2,1-5H3,(H2,16,19). The molecule has 0 aliphatic heterocycles. The SMILES string of the molecule is CCCNC(C)(CCCN(C)C(C)CCC)C(N)=O. The lowest BCUT2D eigenvalue weighted by molar-refractivity contribution is -0.124. The van der Waals surface area contributed by atoms with E-state index in [1.165, 1.54) is 12.8 Å². The summed E-state index contributed by atoms with van der Waals surface area (Å²) in [5.74, 6) is -0.245. The lowest BCUT2D eigenvalue weighted by Crippen LogP contribution is -2.53. The molecule has 1 amide bonds. The van der Waals surface area contributed by atoms with Crippen molar-refractivity contribution in [2.45, 2.75) is 71.4 Å². The highest BCUT2D eigenvalue weighted by molar-refractivity contribution is 5.84. The highest BCUT2D eigenvalue weighted by atomic mass is 16.1. The fourth-order valence-corrected chi connectivity index (χ4v) is 2.24. The molecular formula is C15H33N3O. The van der Waals surface area contributed by atoms with Gasteiger partial charge in [0, 0.05) is 6.04 Å². The zero-order chi connectivity index (χ0) is 14.9. The summed E-state index contributed by atoms with van der Waals surface area (Å²) in [5.41, 5.74) is 4.96. The molecule has 0 aromatic heterocycles. The van der Waals surface area contributed by atoms with Crippen LogP contribution in [0.1, 0.15) is 59.8 Å².